The molecule has 0 saturated carbocycles. The molecule has 0 radical (unpaired) electrons. The van der Waals surface area contributed by atoms with Crippen molar-refractivity contribution >= 4 is 11.6 Å². The van der Waals surface area contributed by atoms with Gasteiger partial charge in [0.15, 0.2) is 0 Å². The highest BCUT2D eigenvalue weighted by molar-refractivity contribution is 5.95. The van der Waals surface area contributed by atoms with Gasteiger partial charge in [-0.2, -0.15) is 5.10 Å². The number of carbonyl (C=O) groups excluding carboxylic acids is 1. The summed E-state index contributed by atoms with van der Waals surface area (Å²) < 4.78 is 15.5. The van der Waals surface area contributed by atoms with E-state index in [-0.39, 0.29) is 11.7 Å². The number of hydrogen-bond donors (Lipinski definition) is 0. The molecule has 0 aliphatic heterocycles. The predicted molar refractivity (Wildman–Crippen MR) is 105 cm³/mol. The number of anilines is 1. The van der Waals surface area contributed by atoms with Crippen molar-refractivity contribution in [2.75, 3.05) is 26.0 Å². The lowest BCUT2D eigenvalue weighted by molar-refractivity contribution is 0.0784. The standard InChI is InChI=1S/C21H23FN4O/c1-15-18(13-23-26(15)20-8-6-5-7-19(20)22)21(27)25(4)14-16-9-11-17(12-10-16)24(2)3/h5-13H,14H2,1-4H3. The maximum absolute atomic E-state index is 14.0. The molecule has 0 bridgehead atoms. The van der Waals surface area contributed by atoms with Gasteiger partial charge in [-0.3, -0.25) is 4.79 Å². The molecule has 1 heterocycles. The third-order valence-electron chi connectivity index (χ3n) is 4.54. The van der Waals surface area contributed by atoms with Crippen molar-refractivity contribution < 1.29 is 9.18 Å². The SMILES string of the molecule is Cc1c(C(=O)N(C)Cc2ccc(N(C)C)cc2)cnn1-c1ccccc1F. The molecule has 2 aromatic carbocycles. The van der Waals surface area contributed by atoms with Crippen LogP contribution in [0.1, 0.15) is 21.6 Å². The molecule has 0 atom stereocenters. The molecule has 1 amide bonds. The van der Waals surface area contributed by atoms with Gasteiger partial charge in [0.2, 0.25) is 0 Å². The Bertz CT molecular complexity index is 947. The minimum absolute atomic E-state index is 0.147. The number of para-hydroxylation sites is 1. The van der Waals surface area contributed by atoms with Crippen LogP contribution in [0.4, 0.5) is 10.1 Å². The summed E-state index contributed by atoms with van der Waals surface area (Å²) in [4.78, 5) is 16.5. The second kappa shape index (κ2) is 7.61. The van der Waals surface area contributed by atoms with E-state index in [2.05, 4.69) is 5.10 Å². The van der Waals surface area contributed by atoms with Crippen molar-refractivity contribution in [1.29, 1.82) is 0 Å². The van der Waals surface area contributed by atoms with Gasteiger partial charge in [-0.25, -0.2) is 9.07 Å². The van der Waals surface area contributed by atoms with Crippen LogP contribution in [0.25, 0.3) is 5.69 Å². The molecule has 0 spiro atoms. The first kappa shape index (κ1) is 18.6. The van der Waals surface area contributed by atoms with E-state index in [9.17, 15) is 9.18 Å². The Morgan fingerprint density at radius 1 is 1.07 bits per heavy atom. The molecule has 0 aliphatic rings. The Hall–Kier alpha value is -3.15. The Kier molecular flexibility index (Phi) is 5.26. The average Bonchev–Trinajstić information content (AvgIpc) is 3.03. The predicted octanol–water partition coefficient (Wildman–Crippen LogP) is 3.66. The Morgan fingerprint density at radius 3 is 2.37 bits per heavy atom. The molecule has 140 valence electrons. The van der Waals surface area contributed by atoms with E-state index in [4.69, 9.17) is 0 Å². The molecule has 6 heteroatoms. The largest absolute Gasteiger partial charge is 0.378 e. The van der Waals surface area contributed by atoms with Gasteiger partial charge < -0.3 is 9.80 Å². The van der Waals surface area contributed by atoms with Crippen LogP contribution in [0.5, 0.6) is 0 Å². The maximum atomic E-state index is 14.0. The molecule has 1 aromatic heterocycles. The number of aromatic nitrogens is 2. The summed E-state index contributed by atoms with van der Waals surface area (Å²) in [6.07, 6.45) is 1.50. The topological polar surface area (TPSA) is 41.4 Å². The van der Waals surface area contributed by atoms with E-state index in [0.717, 1.165) is 11.3 Å². The van der Waals surface area contributed by atoms with Crippen LogP contribution >= 0.6 is 0 Å². The molecule has 5 nitrogen and oxygen atoms in total. The molecular weight excluding hydrogens is 343 g/mol. The lowest BCUT2D eigenvalue weighted by Crippen LogP contribution is -2.26. The third-order valence-corrected chi connectivity index (χ3v) is 4.54. The second-order valence-corrected chi connectivity index (χ2v) is 6.73. The molecule has 0 unspecified atom stereocenters. The highest BCUT2D eigenvalue weighted by Crippen LogP contribution is 2.19. The second-order valence-electron chi connectivity index (χ2n) is 6.73. The van der Waals surface area contributed by atoms with E-state index in [1.165, 1.54) is 16.9 Å². The van der Waals surface area contributed by atoms with Crippen molar-refractivity contribution in [2.24, 2.45) is 0 Å². The molecule has 0 N–H and O–H groups in total. The van der Waals surface area contributed by atoms with E-state index >= 15 is 0 Å². The van der Waals surface area contributed by atoms with Crippen LogP contribution in [-0.2, 0) is 6.54 Å². The third kappa shape index (κ3) is 3.84. The van der Waals surface area contributed by atoms with E-state index in [0.29, 0.717) is 23.5 Å². The van der Waals surface area contributed by atoms with Crippen LogP contribution in [-0.4, -0.2) is 41.7 Å². The first-order chi connectivity index (χ1) is 12.9. The number of amides is 1. The summed E-state index contributed by atoms with van der Waals surface area (Å²) in [5, 5.41) is 4.21. The summed E-state index contributed by atoms with van der Waals surface area (Å²) in [6, 6.07) is 14.4. The summed E-state index contributed by atoms with van der Waals surface area (Å²) in [5.74, 6) is -0.524. The van der Waals surface area contributed by atoms with Crippen LogP contribution in [0.2, 0.25) is 0 Å². The number of benzene rings is 2. The van der Waals surface area contributed by atoms with Gasteiger partial charge in [-0.1, -0.05) is 24.3 Å². The van der Waals surface area contributed by atoms with Crippen LogP contribution in [0, 0.1) is 12.7 Å². The first-order valence-corrected chi connectivity index (χ1v) is 8.69. The number of rotatable bonds is 5. The maximum Gasteiger partial charge on any atom is 0.257 e. The van der Waals surface area contributed by atoms with Crippen molar-refractivity contribution in [3.8, 4) is 5.69 Å². The highest BCUT2D eigenvalue weighted by Gasteiger charge is 2.20. The zero-order chi connectivity index (χ0) is 19.6. The minimum Gasteiger partial charge on any atom is -0.378 e. The molecular formula is C21H23FN4O. The number of carbonyl (C=O) groups is 1. The number of hydrogen-bond acceptors (Lipinski definition) is 3. The zero-order valence-electron chi connectivity index (χ0n) is 16.0. The first-order valence-electron chi connectivity index (χ1n) is 8.69. The van der Waals surface area contributed by atoms with Gasteiger partial charge >= 0.3 is 0 Å². The van der Waals surface area contributed by atoms with E-state index < -0.39 is 0 Å². The van der Waals surface area contributed by atoms with Gasteiger partial charge in [0.05, 0.1) is 17.5 Å². The fourth-order valence-electron chi connectivity index (χ4n) is 2.94. The smallest absolute Gasteiger partial charge is 0.257 e. The molecule has 27 heavy (non-hydrogen) atoms. The quantitative estimate of drug-likeness (QED) is 0.692. The summed E-state index contributed by atoms with van der Waals surface area (Å²) in [5.41, 5.74) is 3.55. The fraction of sp³-hybridized carbons (Fsp3) is 0.238. The lowest BCUT2D eigenvalue weighted by Gasteiger charge is -2.18. The number of halogens is 1. The normalized spacial score (nSPS) is 10.7. The van der Waals surface area contributed by atoms with Gasteiger partial charge in [-0.15, -0.1) is 0 Å². The van der Waals surface area contributed by atoms with Gasteiger partial charge in [0.25, 0.3) is 5.91 Å². The summed E-state index contributed by atoms with van der Waals surface area (Å²) >= 11 is 0. The molecule has 3 rings (SSSR count). The average molecular weight is 366 g/mol. The Balaban J connectivity index is 1.78. The summed E-state index contributed by atoms with van der Waals surface area (Å²) in [6.45, 7) is 2.25. The monoisotopic (exact) mass is 366 g/mol. The van der Waals surface area contributed by atoms with E-state index in [1.807, 2.05) is 43.3 Å². The zero-order valence-corrected chi connectivity index (χ0v) is 16.0. The van der Waals surface area contributed by atoms with Crippen LogP contribution in [0.15, 0.2) is 54.7 Å². The summed E-state index contributed by atoms with van der Waals surface area (Å²) in [7, 11) is 5.73. The van der Waals surface area contributed by atoms with Gasteiger partial charge in [0, 0.05) is 33.4 Å². The molecule has 3 aromatic rings. The fourth-order valence-corrected chi connectivity index (χ4v) is 2.94. The lowest BCUT2D eigenvalue weighted by atomic mass is 10.1. The van der Waals surface area contributed by atoms with Gasteiger partial charge in [-0.05, 0) is 36.8 Å². The van der Waals surface area contributed by atoms with Crippen LogP contribution < -0.4 is 4.90 Å². The van der Waals surface area contributed by atoms with Crippen molar-refractivity contribution in [3.05, 3.63) is 77.4 Å². The number of nitrogens with zero attached hydrogens (tertiary/aromatic N) is 4. The Morgan fingerprint density at radius 2 is 1.74 bits per heavy atom. The van der Waals surface area contributed by atoms with Crippen molar-refractivity contribution in [2.45, 2.75) is 13.5 Å². The van der Waals surface area contributed by atoms with Crippen molar-refractivity contribution in [3.63, 3.8) is 0 Å². The minimum atomic E-state index is -0.378. The van der Waals surface area contributed by atoms with E-state index in [1.54, 1.807) is 37.1 Å². The molecule has 0 saturated heterocycles. The highest BCUT2D eigenvalue weighted by atomic mass is 19.1. The van der Waals surface area contributed by atoms with Crippen LogP contribution in [0.3, 0.4) is 0 Å². The molecule has 0 fully saturated rings. The Labute approximate surface area is 158 Å². The molecule has 0 aliphatic carbocycles. The van der Waals surface area contributed by atoms with Gasteiger partial charge in [0.1, 0.15) is 11.5 Å². The van der Waals surface area contributed by atoms with Crippen molar-refractivity contribution in [1.82, 2.24) is 14.7 Å².